The summed E-state index contributed by atoms with van der Waals surface area (Å²) in [6.45, 7) is 1.03. The van der Waals surface area contributed by atoms with Crippen LogP contribution in [0, 0.1) is 0 Å². The third kappa shape index (κ3) is 5.20. The van der Waals surface area contributed by atoms with E-state index < -0.39 is 17.8 Å². The third-order valence-corrected chi connectivity index (χ3v) is 4.40. The molecule has 1 aliphatic heterocycles. The van der Waals surface area contributed by atoms with Gasteiger partial charge in [-0.05, 0) is 46.3 Å². The highest BCUT2D eigenvalue weighted by atomic mass is 79.9. The van der Waals surface area contributed by atoms with Crippen molar-refractivity contribution in [3.63, 3.8) is 0 Å². The van der Waals surface area contributed by atoms with E-state index in [0.29, 0.717) is 23.4 Å². The molecule has 2 heterocycles. The van der Waals surface area contributed by atoms with Gasteiger partial charge in [-0.15, -0.1) is 0 Å². The predicted molar refractivity (Wildman–Crippen MR) is 94.5 cm³/mol. The lowest BCUT2D eigenvalue weighted by atomic mass is 10.2. The van der Waals surface area contributed by atoms with E-state index in [0.717, 1.165) is 12.1 Å². The topological polar surface area (TPSA) is 51.7 Å². The van der Waals surface area contributed by atoms with Crippen molar-refractivity contribution in [3.8, 4) is 5.75 Å². The number of benzene rings is 1. The molecule has 0 aliphatic carbocycles. The lowest BCUT2D eigenvalue weighted by Gasteiger charge is -2.32. The van der Waals surface area contributed by atoms with Crippen molar-refractivity contribution >= 4 is 21.8 Å². The van der Waals surface area contributed by atoms with Gasteiger partial charge in [0.05, 0.1) is 18.7 Å². The number of ether oxygens (including phenoxy) is 2. The molecule has 9 heteroatoms. The first-order valence-corrected chi connectivity index (χ1v) is 8.96. The molecule has 5 nitrogen and oxygen atoms in total. The molecule has 0 N–H and O–H groups in total. The first-order valence-electron chi connectivity index (χ1n) is 8.16. The van der Waals surface area contributed by atoms with Gasteiger partial charge in [-0.1, -0.05) is 12.1 Å². The third-order valence-electron chi connectivity index (χ3n) is 3.96. The number of hydrogen-bond acceptors (Lipinski definition) is 4. The van der Waals surface area contributed by atoms with E-state index in [1.165, 1.54) is 12.1 Å². The number of rotatable bonds is 4. The Kier molecular flexibility index (Phi) is 6.01. The van der Waals surface area contributed by atoms with Gasteiger partial charge in [0, 0.05) is 6.54 Å². The molecular weight excluding hydrogens is 429 g/mol. The molecule has 0 saturated carbocycles. The second-order valence-electron chi connectivity index (χ2n) is 5.93. The fraction of sp³-hybridized carbons (Fsp3) is 0.333. The van der Waals surface area contributed by atoms with E-state index in [-0.39, 0.29) is 24.8 Å². The van der Waals surface area contributed by atoms with Gasteiger partial charge in [-0.25, -0.2) is 4.98 Å². The van der Waals surface area contributed by atoms with Crippen molar-refractivity contribution in [2.24, 2.45) is 0 Å². The molecule has 144 valence electrons. The molecule has 0 bridgehead atoms. The zero-order chi connectivity index (χ0) is 19.4. The Bertz CT molecular complexity index is 816. The predicted octanol–water partition coefficient (Wildman–Crippen LogP) is 3.78. The van der Waals surface area contributed by atoms with Gasteiger partial charge in [0.2, 0.25) is 0 Å². The minimum absolute atomic E-state index is 0.0387. The number of nitrogens with zero attached hydrogens (tertiary/aromatic N) is 2. The number of aromatic nitrogens is 1. The molecule has 1 atom stereocenters. The molecular formula is C18H16BrF3N2O3. The number of morpholine rings is 1. The summed E-state index contributed by atoms with van der Waals surface area (Å²) in [5.41, 5.74) is -0.467. The maximum Gasteiger partial charge on any atom is 0.416 e. The Morgan fingerprint density at radius 2 is 2.07 bits per heavy atom. The van der Waals surface area contributed by atoms with E-state index in [4.69, 9.17) is 9.47 Å². The molecule has 0 unspecified atom stereocenters. The summed E-state index contributed by atoms with van der Waals surface area (Å²) in [6.07, 6.45) is -4.87. The minimum atomic E-state index is -4.43. The van der Waals surface area contributed by atoms with E-state index >= 15 is 0 Å². The van der Waals surface area contributed by atoms with Crippen LogP contribution < -0.4 is 4.74 Å². The number of carbonyl (C=O) groups is 1. The van der Waals surface area contributed by atoms with Crippen LogP contribution in [0.25, 0.3) is 0 Å². The van der Waals surface area contributed by atoms with Crippen LogP contribution in [0.15, 0.2) is 47.1 Å². The summed E-state index contributed by atoms with van der Waals surface area (Å²) in [5, 5.41) is 0. The maximum atomic E-state index is 12.8. The number of alkyl halides is 3. The number of halogens is 4. The summed E-state index contributed by atoms with van der Waals surface area (Å²) < 4.78 is 49.9. The molecule has 1 aromatic heterocycles. The molecule has 1 amide bonds. The Hall–Kier alpha value is -2.13. The van der Waals surface area contributed by atoms with Gasteiger partial charge in [0.1, 0.15) is 28.8 Å². The molecule has 1 aliphatic rings. The normalized spacial score (nSPS) is 17.6. The Morgan fingerprint density at radius 3 is 2.81 bits per heavy atom. The van der Waals surface area contributed by atoms with Crippen LogP contribution in [0.2, 0.25) is 0 Å². The zero-order valence-corrected chi connectivity index (χ0v) is 15.7. The Labute approximate surface area is 162 Å². The lowest BCUT2D eigenvalue weighted by Crippen LogP contribution is -2.47. The SMILES string of the molecule is O=C(c1cccc(Br)n1)N1CCO[C@H](COc2cccc(C(F)(F)F)c2)C1. The highest BCUT2D eigenvalue weighted by Gasteiger charge is 2.31. The van der Waals surface area contributed by atoms with Crippen LogP contribution in [-0.4, -0.2) is 48.2 Å². The molecule has 2 aromatic rings. The van der Waals surface area contributed by atoms with E-state index in [1.54, 1.807) is 23.1 Å². The van der Waals surface area contributed by atoms with Gasteiger partial charge < -0.3 is 14.4 Å². The standard InChI is InChI=1S/C18H16BrF3N2O3/c19-16-6-2-5-15(23-16)17(25)24-7-8-26-14(10-24)11-27-13-4-1-3-12(9-13)18(20,21)22/h1-6,9,14H,7-8,10-11H2/t14-/m0/s1. The van der Waals surface area contributed by atoms with Gasteiger partial charge in [-0.2, -0.15) is 13.2 Å². The van der Waals surface area contributed by atoms with E-state index in [9.17, 15) is 18.0 Å². The highest BCUT2D eigenvalue weighted by Crippen LogP contribution is 2.31. The average Bonchev–Trinajstić information content (AvgIpc) is 2.65. The van der Waals surface area contributed by atoms with Crippen molar-refractivity contribution in [3.05, 3.63) is 58.3 Å². The van der Waals surface area contributed by atoms with Crippen molar-refractivity contribution in [1.29, 1.82) is 0 Å². The summed E-state index contributed by atoms with van der Waals surface area (Å²) >= 11 is 3.23. The Balaban J connectivity index is 1.60. The largest absolute Gasteiger partial charge is 0.491 e. The van der Waals surface area contributed by atoms with Gasteiger partial charge in [0.25, 0.3) is 5.91 Å². The first-order chi connectivity index (χ1) is 12.8. The van der Waals surface area contributed by atoms with Gasteiger partial charge >= 0.3 is 6.18 Å². The van der Waals surface area contributed by atoms with Crippen molar-refractivity contribution in [2.75, 3.05) is 26.3 Å². The van der Waals surface area contributed by atoms with Gasteiger partial charge in [-0.3, -0.25) is 4.79 Å². The fourth-order valence-corrected chi connectivity index (χ4v) is 2.99. The van der Waals surface area contributed by atoms with Crippen LogP contribution >= 0.6 is 15.9 Å². The summed E-state index contributed by atoms with van der Waals surface area (Å²) in [5.74, 6) is -0.130. The maximum absolute atomic E-state index is 12.8. The number of pyridine rings is 1. The van der Waals surface area contributed by atoms with Crippen molar-refractivity contribution in [2.45, 2.75) is 12.3 Å². The van der Waals surface area contributed by atoms with Crippen LogP contribution in [0.5, 0.6) is 5.75 Å². The molecule has 3 rings (SSSR count). The monoisotopic (exact) mass is 444 g/mol. The summed E-state index contributed by atoms with van der Waals surface area (Å²) in [4.78, 5) is 18.3. The summed E-state index contributed by atoms with van der Waals surface area (Å²) in [6, 6.07) is 9.73. The molecule has 1 fully saturated rings. The molecule has 1 aromatic carbocycles. The smallest absolute Gasteiger partial charge is 0.416 e. The average molecular weight is 445 g/mol. The number of carbonyl (C=O) groups excluding carboxylic acids is 1. The Morgan fingerprint density at radius 1 is 1.30 bits per heavy atom. The lowest BCUT2D eigenvalue weighted by molar-refractivity contribution is -0.137. The van der Waals surface area contributed by atoms with Crippen LogP contribution in [-0.2, 0) is 10.9 Å². The van der Waals surface area contributed by atoms with Crippen molar-refractivity contribution in [1.82, 2.24) is 9.88 Å². The number of amides is 1. The molecule has 0 spiro atoms. The van der Waals surface area contributed by atoms with Crippen LogP contribution in [0.3, 0.4) is 0 Å². The van der Waals surface area contributed by atoms with E-state index in [2.05, 4.69) is 20.9 Å². The van der Waals surface area contributed by atoms with E-state index in [1.807, 2.05) is 0 Å². The summed E-state index contributed by atoms with van der Waals surface area (Å²) in [7, 11) is 0. The van der Waals surface area contributed by atoms with Crippen LogP contribution in [0.4, 0.5) is 13.2 Å². The quantitative estimate of drug-likeness (QED) is 0.673. The molecule has 0 radical (unpaired) electrons. The second-order valence-corrected chi connectivity index (χ2v) is 6.74. The first kappa shape index (κ1) is 19.6. The second kappa shape index (κ2) is 8.26. The van der Waals surface area contributed by atoms with Crippen LogP contribution in [0.1, 0.15) is 16.1 Å². The number of hydrogen-bond donors (Lipinski definition) is 0. The highest BCUT2D eigenvalue weighted by molar-refractivity contribution is 9.10. The molecule has 1 saturated heterocycles. The molecule has 27 heavy (non-hydrogen) atoms. The minimum Gasteiger partial charge on any atom is -0.491 e. The zero-order valence-electron chi connectivity index (χ0n) is 14.1. The van der Waals surface area contributed by atoms with Gasteiger partial charge in [0.15, 0.2) is 0 Å². The fourth-order valence-electron chi connectivity index (χ4n) is 2.65. The van der Waals surface area contributed by atoms with Crippen molar-refractivity contribution < 1.29 is 27.4 Å².